The van der Waals surface area contributed by atoms with E-state index >= 15 is 0 Å². The number of esters is 1. The molecule has 2 aromatic rings. The standard InChI is InChI=1S/C26H31N3O4S2/c1-5-28-20-10-8-7-9-18(20)22(27-13-11-17(12-14-27)25(32)33-6-2)19(23(28)30)15-21-24(31)29(16(3)4)26(34)35-21/h7-10,15-17H,5-6,11-14H2,1-4H3. The van der Waals surface area contributed by atoms with Crippen LogP contribution in [0.4, 0.5) is 5.69 Å². The van der Waals surface area contributed by atoms with Crippen LogP contribution in [0.25, 0.3) is 17.0 Å². The van der Waals surface area contributed by atoms with Crippen LogP contribution in [-0.4, -0.2) is 51.4 Å². The number of fused-ring (bicyclic) bond motifs is 1. The Balaban J connectivity index is 1.84. The first-order valence-electron chi connectivity index (χ1n) is 12.1. The van der Waals surface area contributed by atoms with Gasteiger partial charge in [0.2, 0.25) is 0 Å². The number of thiocarbonyl (C=S) groups is 1. The second-order valence-electron chi connectivity index (χ2n) is 8.99. The van der Waals surface area contributed by atoms with Gasteiger partial charge in [0.1, 0.15) is 4.32 Å². The van der Waals surface area contributed by atoms with Gasteiger partial charge in [-0.3, -0.25) is 19.3 Å². The monoisotopic (exact) mass is 513 g/mol. The predicted octanol–water partition coefficient (Wildman–Crippen LogP) is 4.41. The minimum Gasteiger partial charge on any atom is -0.466 e. The van der Waals surface area contributed by atoms with Crippen molar-refractivity contribution in [1.29, 1.82) is 0 Å². The number of rotatable bonds is 6. The summed E-state index contributed by atoms with van der Waals surface area (Å²) in [6.07, 6.45) is 3.02. The van der Waals surface area contributed by atoms with Crippen LogP contribution < -0.4 is 10.5 Å². The van der Waals surface area contributed by atoms with Gasteiger partial charge in [0.15, 0.2) is 0 Å². The molecule has 2 fully saturated rings. The fraction of sp³-hybridized carbons (Fsp3) is 0.462. The molecule has 0 atom stereocenters. The molecule has 0 bridgehead atoms. The van der Waals surface area contributed by atoms with Crippen molar-refractivity contribution in [3.05, 3.63) is 45.1 Å². The first-order chi connectivity index (χ1) is 16.8. The molecule has 2 aliphatic rings. The number of piperidine rings is 1. The van der Waals surface area contributed by atoms with Gasteiger partial charge in [-0.2, -0.15) is 0 Å². The van der Waals surface area contributed by atoms with Gasteiger partial charge in [0, 0.05) is 31.1 Å². The average molecular weight is 514 g/mol. The van der Waals surface area contributed by atoms with Crippen molar-refractivity contribution in [2.24, 2.45) is 5.92 Å². The average Bonchev–Trinajstić information content (AvgIpc) is 3.12. The Morgan fingerprint density at radius 3 is 2.49 bits per heavy atom. The number of ether oxygens (including phenoxy) is 1. The molecule has 1 aromatic carbocycles. The summed E-state index contributed by atoms with van der Waals surface area (Å²) in [6.45, 7) is 9.74. The SMILES string of the molecule is CCOC(=O)C1CCN(c2c(C=C3SC(=S)N(C(C)C)C3=O)c(=O)n(CC)c3ccccc23)CC1. The molecule has 0 saturated carbocycles. The molecule has 2 aliphatic heterocycles. The molecular formula is C26H31N3O4S2. The van der Waals surface area contributed by atoms with Crippen LogP contribution in [-0.2, 0) is 20.9 Å². The molecule has 7 nitrogen and oxygen atoms in total. The smallest absolute Gasteiger partial charge is 0.309 e. The summed E-state index contributed by atoms with van der Waals surface area (Å²) < 4.78 is 7.48. The molecule has 186 valence electrons. The van der Waals surface area contributed by atoms with Crippen LogP contribution in [0.1, 0.15) is 46.1 Å². The predicted molar refractivity (Wildman–Crippen MR) is 146 cm³/mol. The number of aromatic nitrogens is 1. The highest BCUT2D eigenvalue weighted by Gasteiger charge is 2.35. The number of carbonyl (C=O) groups is 2. The number of benzene rings is 1. The highest BCUT2D eigenvalue weighted by molar-refractivity contribution is 8.26. The second-order valence-corrected chi connectivity index (χ2v) is 10.7. The first-order valence-corrected chi connectivity index (χ1v) is 13.3. The maximum absolute atomic E-state index is 13.8. The largest absolute Gasteiger partial charge is 0.466 e. The number of hydrogen-bond acceptors (Lipinski definition) is 7. The molecule has 1 aromatic heterocycles. The van der Waals surface area contributed by atoms with E-state index in [9.17, 15) is 14.4 Å². The van der Waals surface area contributed by atoms with Gasteiger partial charge in [0.05, 0.1) is 34.2 Å². The topological polar surface area (TPSA) is 71.8 Å². The number of anilines is 1. The number of nitrogens with zero attached hydrogens (tertiary/aromatic N) is 3. The number of hydrogen-bond donors (Lipinski definition) is 0. The van der Waals surface area contributed by atoms with E-state index in [4.69, 9.17) is 17.0 Å². The summed E-state index contributed by atoms with van der Waals surface area (Å²) in [5, 5.41) is 0.953. The van der Waals surface area contributed by atoms with E-state index in [1.165, 1.54) is 11.8 Å². The van der Waals surface area contributed by atoms with Crippen LogP contribution in [0.15, 0.2) is 34.0 Å². The van der Waals surface area contributed by atoms with Gasteiger partial charge >= 0.3 is 5.97 Å². The first kappa shape index (κ1) is 25.4. The van der Waals surface area contributed by atoms with Crippen molar-refractivity contribution < 1.29 is 14.3 Å². The Labute approximate surface area is 215 Å². The Bertz CT molecular complexity index is 1260. The minimum absolute atomic E-state index is 0.0568. The van der Waals surface area contributed by atoms with E-state index in [0.29, 0.717) is 53.9 Å². The molecular weight excluding hydrogens is 482 g/mol. The highest BCUT2D eigenvalue weighted by atomic mass is 32.2. The van der Waals surface area contributed by atoms with Crippen molar-refractivity contribution in [1.82, 2.24) is 9.47 Å². The normalized spacial score (nSPS) is 18.4. The molecule has 1 amide bonds. The Morgan fingerprint density at radius 2 is 1.89 bits per heavy atom. The van der Waals surface area contributed by atoms with E-state index in [2.05, 4.69) is 4.90 Å². The Kier molecular flexibility index (Phi) is 7.66. The quantitative estimate of drug-likeness (QED) is 0.322. The summed E-state index contributed by atoms with van der Waals surface area (Å²) in [6, 6.07) is 7.81. The van der Waals surface area contributed by atoms with Crippen molar-refractivity contribution in [3.63, 3.8) is 0 Å². The number of pyridine rings is 1. The van der Waals surface area contributed by atoms with Crippen molar-refractivity contribution in [3.8, 4) is 0 Å². The number of carbonyl (C=O) groups excluding carboxylic acids is 2. The van der Waals surface area contributed by atoms with Crippen molar-refractivity contribution in [2.45, 2.75) is 53.1 Å². The number of amides is 1. The van der Waals surface area contributed by atoms with Gasteiger partial charge in [-0.15, -0.1) is 0 Å². The third-order valence-electron chi connectivity index (χ3n) is 6.54. The van der Waals surface area contributed by atoms with Gasteiger partial charge in [-0.1, -0.05) is 42.2 Å². The van der Waals surface area contributed by atoms with E-state index in [-0.39, 0.29) is 29.4 Å². The van der Waals surface area contributed by atoms with Crippen LogP contribution >= 0.6 is 24.0 Å². The molecule has 2 saturated heterocycles. The van der Waals surface area contributed by atoms with E-state index in [1.54, 1.807) is 15.5 Å². The molecule has 0 N–H and O–H groups in total. The van der Waals surface area contributed by atoms with E-state index in [0.717, 1.165) is 16.6 Å². The zero-order valence-corrected chi connectivity index (χ0v) is 22.2. The second kappa shape index (κ2) is 10.5. The maximum Gasteiger partial charge on any atom is 0.309 e. The summed E-state index contributed by atoms with van der Waals surface area (Å²) in [5.74, 6) is -0.465. The van der Waals surface area contributed by atoms with Crippen molar-refractivity contribution >= 4 is 62.8 Å². The van der Waals surface area contributed by atoms with Gasteiger partial charge in [-0.05, 0) is 52.7 Å². The van der Waals surface area contributed by atoms with E-state index < -0.39 is 0 Å². The van der Waals surface area contributed by atoms with Crippen LogP contribution in [0.5, 0.6) is 0 Å². The lowest BCUT2D eigenvalue weighted by molar-refractivity contribution is -0.148. The summed E-state index contributed by atoms with van der Waals surface area (Å²) in [4.78, 5) is 43.4. The van der Waals surface area contributed by atoms with Gasteiger partial charge in [0.25, 0.3) is 11.5 Å². The highest BCUT2D eigenvalue weighted by Crippen LogP contribution is 2.38. The molecule has 0 radical (unpaired) electrons. The number of aryl methyl sites for hydroxylation is 1. The third kappa shape index (κ3) is 4.76. The minimum atomic E-state index is -0.169. The van der Waals surface area contributed by atoms with Gasteiger partial charge in [-0.25, -0.2) is 0 Å². The molecule has 4 rings (SSSR count). The van der Waals surface area contributed by atoms with Crippen LogP contribution in [0.3, 0.4) is 0 Å². The summed E-state index contributed by atoms with van der Waals surface area (Å²) in [5.41, 5.74) is 2.02. The molecule has 0 aliphatic carbocycles. The molecule has 0 unspecified atom stereocenters. The van der Waals surface area contributed by atoms with E-state index in [1.807, 2.05) is 52.0 Å². The fourth-order valence-electron chi connectivity index (χ4n) is 4.85. The lowest BCUT2D eigenvalue weighted by atomic mass is 9.95. The molecule has 0 spiro atoms. The zero-order valence-electron chi connectivity index (χ0n) is 20.6. The maximum atomic E-state index is 13.8. The van der Waals surface area contributed by atoms with Crippen LogP contribution in [0, 0.1) is 5.92 Å². The molecule has 9 heteroatoms. The number of para-hydroxylation sites is 1. The lowest BCUT2D eigenvalue weighted by Gasteiger charge is -2.34. The fourth-order valence-corrected chi connectivity index (χ4v) is 6.36. The third-order valence-corrected chi connectivity index (χ3v) is 7.87. The number of thioether (sulfide) groups is 1. The molecule has 35 heavy (non-hydrogen) atoms. The van der Waals surface area contributed by atoms with Crippen molar-refractivity contribution in [2.75, 3.05) is 24.6 Å². The molecule has 3 heterocycles. The van der Waals surface area contributed by atoms with Gasteiger partial charge < -0.3 is 14.2 Å². The zero-order chi connectivity index (χ0) is 25.3. The summed E-state index contributed by atoms with van der Waals surface area (Å²) in [7, 11) is 0. The van der Waals surface area contributed by atoms with Crippen LogP contribution in [0.2, 0.25) is 0 Å². The summed E-state index contributed by atoms with van der Waals surface area (Å²) >= 11 is 6.69. The Morgan fingerprint density at radius 1 is 1.20 bits per heavy atom. The lowest BCUT2D eigenvalue weighted by Crippen LogP contribution is -2.39. The Hall–Kier alpha value is -2.65.